The zero-order valence-corrected chi connectivity index (χ0v) is 21.1. The van der Waals surface area contributed by atoms with E-state index in [0.29, 0.717) is 10.5 Å². The molecule has 0 bridgehead atoms. The zero-order chi connectivity index (χ0) is 23.7. The molecule has 1 N–H and O–H groups in total. The highest BCUT2D eigenvalue weighted by molar-refractivity contribution is 7.99. The standard InChI is InChI=1S/C26H27N3O2S2/c1-6-21-18(5)23-24(33-21)28-26(29(25(23)31)20-9-7-15(2)8-10-20)32-14-22(30)27-19-12-16(3)11-17(4)13-19/h7-13H,6,14H2,1-5H3,(H,27,30). The Labute approximate surface area is 201 Å². The quantitative estimate of drug-likeness (QED) is 0.274. The summed E-state index contributed by atoms with van der Waals surface area (Å²) in [6.07, 6.45) is 0.859. The molecule has 0 aliphatic rings. The van der Waals surface area contributed by atoms with Crippen molar-refractivity contribution < 1.29 is 4.79 Å². The topological polar surface area (TPSA) is 64.0 Å². The Kier molecular flexibility index (Phi) is 6.72. The Bertz CT molecular complexity index is 1380. The number of carbonyl (C=O) groups excluding carboxylic acids is 1. The molecule has 0 atom stereocenters. The van der Waals surface area contributed by atoms with Crippen molar-refractivity contribution in [3.05, 3.63) is 79.9 Å². The van der Waals surface area contributed by atoms with Crippen LogP contribution in [0.25, 0.3) is 15.9 Å². The maximum Gasteiger partial charge on any atom is 0.267 e. The van der Waals surface area contributed by atoms with Gasteiger partial charge in [-0.05, 0) is 75.1 Å². The molecule has 2 aromatic carbocycles. The van der Waals surface area contributed by atoms with Gasteiger partial charge in [0.25, 0.3) is 5.56 Å². The van der Waals surface area contributed by atoms with Gasteiger partial charge in [-0.25, -0.2) is 4.98 Å². The first kappa shape index (κ1) is 23.3. The van der Waals surface area contributed by atoms with Crippen molar-refractivity contribution in [3.8, 4) is 5.69 Å². The highest BCUT2D eigenvalue weighted by Gasteiger charge is 2.19. The van der Waals surface area contributed by atoms with Gasteiger partial charge < -0.3 is 5.32 Å². The molecule has 0 saturated heterocycles. The summed E-state index contributed by atoms with van der Waals surface area (Å²) in [7, 11) is 0. The van der Waals surface area contributed by atoms with Gasteiger partial charge in [-0.15, -0.1) is 11.3 Å². The molecule has 1 amide bonds. The number of benzene rings is 2. The average molecular weight is 478 g/mol. The van der Waals surface area contributed by atoms with Crippen LogP contribution in [0.5, 0.6) is 0 Å². The first-order valence-corrected chi connectivity index (χ1v) is 12.7. The third-order valence-corrected chi connectivity index (χ3v) is 7.75. The molecule has 170 valence electrons. The summed E-state index contributed by atoms with van der Waals surface area (Å²) < 4.78 is 1.63. The number of aromatic nitrogens is 2. The van der Waals surface area contributed by atoms with Gasteiger partial charge in [0.2, 0.25) is 5.91 Å². The molecular weight excluding hydrogens is 450 g/mol. The third kappa shape index (κ3) is 4.89. The number of nitrogens with zero attached hydrogens (tertiary/aromatic N) is 2. The van der Waals surface area contributed by atoms with E-state index in [1.54, 1.807) is 15.9 Å². The summed E-state index contributed by atoms with van der Waals surface area (Å²) in [4.78, 5) is 33.1. The van der Waals surface area contributed by atoms with Crippen LogP contribution in [-0.4, -0.2) is 21.2 Å². The van der Waals surface area contributed by atoms with E-state index in [-0.39, 0.29) is 17.2 Å². The number of fused-ring (bicyclic) bond motifs is 1. The number of carbonyl (C=O) groups is 1. The van der Waals surface area contributed by atoms with E-state index in [1.165, 1.54) is 16.6 Å². The summed E-state index contributed by atoms with van der Waals surface area (Å²) in [5.41, 5.74) is 5.74. The minimum atomic E-state index is -0.133. The Morgan fingerprint density at radius 1 is 1.03 bits per heavy atom. The smallest absolute Gasteiger partial charge is 0.267 e. The zero-order valence-electron chi connectivity index (χ0n) is 19.5. The first-order chi connectivity index (χ1) is 15.8. The van der Waals surface area contributed by atoms with Crippen LogP contribution >= 0.6 is 23.1 Å². The van der Waals surface area contributed by atoms with Crippen LogP contribution in [0.1, 0.15) is 34.1 Å². The lowest BCUT2D eigenvalue weighted by Crippen LogP contribution is -2.23. The van der Waals surface area contributed by atoms with Crippen LogP contribution in [0, 0.1) is 27.7 Å². The molecule has 2 aromatic heterocycles. The number of amides is 1. The Balaban J connectivity index is 1.71. The van der Waals surface area contributed by atoms with Crippen molar-refractivity contribution >= 4 is 44.9 Å². The van der Waals surface area contributed by atoms with Crippen molar-refractivity contribution in [1.82, 2.24) is 9.55 Å². The van der Waals surface area contributed by atoms with E-state index in [0.717, 1.165) is 44.9 Å². The van der Waals surface area contributed by atoms with Gasteiger partial charge in [-0.1, -0.05) is 42.4 Å². The van der Waals surface area contributed by atoms with Crippen molar-refractivity contribution in [3.63, 3.8) is 0 Å². The van der Waals surface area contributed by atoms with Crippen LogP contribution in [0.2, 0.25) is 0 Å². The maximum atomic E-state index is 13.6. The fourth-order valence-electron chi connectivity index (χ4n) is 3.94. The van der Waals surface area contributed by atoms with Gasteiger partial charge in [-0.2, -0.15) is 0 Å². The monoisotopic (exact) mass is 477 g/mol. The summed E-state index contributed by atoms with van der Waals surface area (Å²) in [5, 5.41) is 4.15. The van der Waals surface area contributed by atoms with Crippen molar-refractivity contribution in [2.45, 2.75) is 46.2 Å². The minimum absolute atomic E-state index is 0.0884. The van der Waals surface area contributed by atoms with E-state index in [9.17, 15) is 9.59 Å². The van der Waals surface area contributed by atoms with E-state index < -0.39 is 0 Å². The molecule has 5 nitrogen and oxygen atoms in total. The number of anilines is 1. The molecule has 4 aromatic rings. The second-order valence-electron chi connectivity index (χ2n) is 8.27. The molecule has 0 saturated carbocycles. The van der Waals surface area contributed by atoms with Crippen LogP contribution < -0.4 is 10.9 Å². The summed E-state index contributed by atoms with van der Waals surface area (Å²) in [5.74, 6) is 0.0216. The fraction of sp³-hybridized carbons (Fsp3) is 0.269. The lowest BCUT2D eigenvalue weighted by atomic mass is 10.1. The van der Waals surface area contributed by atoms with Crippen molar-refractivity contribution in [2.75, 3.05) is 11.1 Å². The van der Waals surface area contributed by atoms with Crippen molar-refractivity contribution in [2.24, 2.45) is 0 Å². The molecule has 7 heteroatoms. The fourth-order valence-corrected chi connectivity index (χ4v) is 5.91. The number of hydrogen-bond donors (Lipinski definition) is 1. The van der Waals surface area contributed by atoms with E-state index in [4.69, 9.17) is 4.98 Å². The number of aryl methyl sites for hydroxylation is 5. The van der Waals surface area contributed by atoms with Crippen LogP contribution in [-0.2, 0) is 11.2 Å². The van der Waals surface area contributed by atoms with Gasteiger partial charge in [0, 0.05) is 10.6 Å². The third-order valence-electron chi connectivity index (χ3n) is 5.48. The Morgan fingerprint density at radius 2 is 1.70 bits per heavy atom. The molecule has 0 fully saturated rings. The molecule has 0 spiro atoms. The highest BCUT2D eigenvalue weighted by Crippen LogP contribution is 2.30. The normalized spacial score (nSPS) is 11.2. The summed E-state index contributed by atoms with van der Waals surface area (Å²) >= 11 is 2.84. The molecular formula is C26H27N3O2S2. The highest BCUT2D eigenvalue weighted by atomic mass is 32.2. The van der Waals surface area contributed by atoms with E-state index in [1.807, 2.05) is 64.1 Å². The van der Waals surface area contributed by atoms with Crippen LogP contribution in [0.15, 0.2) is 52.4 Å². The molecule has 33 heavy (non-hydrogen) atoms. The molecule has 4 rings (SSSR count). The maximum absolute atomic E-state index is 13.6. The van der Waals surface area contributed by atoms with Gasteiger partial charge >= 0.3 is 0 Å². The number of rotatable bonds is 6. The minimum Gasteiger partial charge on any atom is -0.325 e. The second-order valence-corrected chi connectivity index (χ2v) is 10.3. The predicted molar refractivity (Wildman–Crippen MR) is 139 cm³/mol. The lowest BCUT2D eigenvalue weighted by Gasteiger charge is -2.13. The number of nitrogens with one attached hydrogen (secondary N) is 1. The summed E-state index contributed by atoms with van der Waals surface area (Å²) in [6, 6.07) is 13.8. The second kappa shape index (κ2) is 9.53. The van der Waals surface area contributed by atoms with Crippen molar-refractivity contribution in [1.29, 1.82) is 0 Å². The Morgan fingerprint density at radius 3 is 2.33 bits per heavy atom. The van der Waals surface area contributed by atoms with Crippen LogP contribution in [0.3, 0.4) is 0 Å². The predicted octanol–water partition coefficient (Wildman–Crippen LogP) is 5.97. The largest absolute Gasteiger partial charge is 0.325 e. The van der Waals surface area contributed by atoms with Gasteiger partial charge in [-0.3, -0.25) is 14.2 Å². The first-order valence-electron chi connectivity index (χ1n) is 10.9. The van der Waals surface area contributed by atoms with Gasteiger partial charge in [0.1, 0.15) is 4.83 Å². The van der Waals surface area contributed by atoms with Gasteiger partial charge in [0.05, 0.1) is 16.8 Å². The SMILES string of the molecule is CCc1sc2nc(SCC(=O)Nc3cc(C)cc(C)c3)n(-c3ccc(C)cc3)c(=O)c2c1C. The van der Waals surface area contributed by atoms with Crippen LogP contribution in [0.4, 0.5) is 5.69 Å². The molecule has 0 aliphatic carbocycles. The molecule has 2 heterocycles. The van der Waals surface area contributed by atoms with Gasteiger partial charge in [0.15, 0.2) is 5.16 Å². The number of thioether (sulfide) groups is 1. The molecule has 0 unspecified atom stereocenters. The Hall–Kier alpha value is -2.90. The van der Waals surface area contributed by atoms with E-state index in [2.05, 4.69) is 18.3 Å². The number of hydrogen-bond acceptors (Lipinski definition) is 5. The number of thiophene rings is 1. The lowest BCUT2D eigenvalue weighted by molar-refractivity contribution is -0.113. The molecule has 0 aliphatic heterocycles. The van der Waals surface area contributed by atoms with E-state index >= 15 is 0 Å². The summed E-state index contributed by atoms with van der Waals surface area (Å²) in [6.45, 7) is 10.1. The molecule has 0 radical (unpaired) electrons. The average Bonchev–Trinajstić information content (AvgIpc) is 3.08.